The van der Waals surface area contributed by atoms with Crippen LogP contribution in [0.2, 0.25) is 0 Å². The molecule has 1 aliphatic rings. The molecule has 0 aliphatic carbocycles. The summed E-state index contributed by atoms with van der Waals surface area (Å²) in [5.74, 6) is -1.49. The summed E-state index contributed by atoms with van der Waals surface area (Å²) in [6.45, 7) is 3.41. The summed E-state index contributed by atoms with van der Waals surface area (Å²) >= 11 is 1.06. The van der Waals surface area contributed by atoms with Crippen molar-refractivity contribution in [3.05, 3.63) is 84.8 Å². The monoisotopic (exact) mass is 475 g/mol. The number of ether oxygens (including phenoxy) is 1. The molecule has 1 atom stereocenters. The number of aromatic hydroxyl groups is 2. The van der Waals surface area contributed by atoms with Crippen molar-refractivity contribution in [3.63, 3.8) is 0 Å². The van der Waals surface area contributed by atoms with Crippen LogP contribution in [0.3, 0.4) is 0 Å². The number of thiazole rings is 1. The smallest absolute Gasteiger partial charge is 0.338 e. The molecule has 3 aromatic rings. The molecule has 172 valence electrons. The molecule has 2 heterocycles. The van der Waals surface area contributed by atoms with Gasteiger partial charge in [0.15, 0.2) is 0 Å². The van der Waals surface area contributed by atoms with Gasteiger partial charge in [-0.2, -0.15) is 5.26 Å². The van der Waals surface area contributed by atoms with E-state index in [4.69, 9.17) is 10.5 Å². The lowest BCUT2D eigenvalue weighted by Crippen LogP contribution is -2.40. The number of rotatable bonds is 4. The van der Waals surface area contributed by atoms with Crippen LogP contribution >= 0.6 is 11.3 Å². The third kappa shape index (κ3) is 4.07. The molecule has 0 bridgehead atoms. The molecule has 1 aliphatic heterocycles. The van der Waals surface area contributed by atoms with Gasteiger partial charge in [-0.3, -0.25) is 9.36 Å². The second-order valence-corrected chi connectivity index (χ2v) is 8.98. The van der Waals surface area contributed by atoms with Gasteiger partial charge >= 0.3 is 5.97 Å². The first kappa shape index (κ1) is 22.9. The van der Waals surface area contributed by atoms with Gasteiger partial charge in [-0.15, -0.1) is 11.3 Å². The Morgan fingerprint density at radius 2 is 1.74 bits per heavy atom. The number of nitrogens with zero attached hydrogens (tertiary/aromatic N) is 2. The van der Waals surface area contributed by atoms with Crippen LogP contribution in [0.5, 0.6) is 11.5 Å². The zero-order chi connectivity index (χ0) is 24.6. The third-order valence-electron chi connectivity index (χ3n) is 5.25. The molecule has 8 nitrogen and oxygen atoms in total. The third-order valence-corrected chi connectivity index (χ3v) is 6.36. The number of carbonyl (C=O) groups excluding carboxylic acids is 1. The minimum atomic E-state index is -0.878. The van der Waals surface area contributed by atoms with Crippen LogP contribution in [-0.2, 0) is 9.53 Å². The number of phenols is 2. The Hall–Kier alpha value is -4.29. The molecule has 1 aromatic heterocycles. The van der Waals surface area contributed by atoms with Crippen LogP contribution in [0.1, 0.15) is 30.9 Å². The molecule has 9 heteroatoms. The highest BCUT2D eigenvalue weighted by atomic mass is 32.1. The highest BCUT2D eigenvalue weighted by Crippen LogP contribution is 2.37. The zero-order valence-corrected chi connectivity index (χ0v) is 19.2. The van der Waals surface area contributed by atoms with Crippen molar-refractivity contribution in [1.82, 2.24) is 4.57 Å². The second-order valence-electron chi connectivity index (χ2n) is 7.95. The van der Waals surface area contributed by atoms with Crippen LogP contribution < -0.4 is 20.5 Å². The number of aromatic nitrogens is 1. The van der Waals surface area contributed by atoms with Gasteiger partial charge in [-0.1, -0.05) is 24.3 Å². The molecule has 2 aromatic carbocycles. The predicted octanol–water partition coefficient (Wildman–Crippen LogP) is 1.70. The van der Waals surface area contributed by atoms with Crippen molar-refractivity contribution in [2.75, 3.05) is 0 Å². The molecule has 0 saturated heterocycles. The van der Waals surface area contributed by atoms with Crippen LogP contribution in [0.25, 0.3) is 17.5 Å². The average Bonchev–Trinajstić information content (AvgIpc) is 3.11. The molecular formula is C25H21N3O5S. The molecule has 4 N–H and O–H groups in total. The van der Waals surface area contributed by atoms with E-state index in [2.05, 4.69) is 6.07 Å². The van der Waals surface area contributed by atoms with E-state index in [9.17, 15) is 25.1 Å². The maximum absolute atomic E-state index is 13.3. The van der Waals surface area contributed by atoms with Crippen molar-refractivity contribution >= 4 is 34.8 Å². The van der Waals surface area contributed by atoms with E-state index in [1.54, 1.807) is 44.2 Å². The normalized spacial score (nSPS) is 15.9. The Balaban J connectivity index is 2.08. The van der Waals surface area contributed by atoms with Crippen molar-refractivity contribution in [2.45, 2.75) is 25.9 Å². The van der Waals surface area contributed by atoms with Crippen LogP contribution in [0, 0.1) is 11.3 Å². The van der Waals surface area contributed by atoms with E-state index in [1.807, 2.05) is 0 Å². The Bertz CT molecular complexity index is 1520. The van der Waals surface area contributed by atoms with Crippen molar-refractivity contribution in [2.24, 2.45) is 5.73 Å². The van der Waals surface area contributed by atoms with Crippen LogP contribution in [-0.4, -0.2) is 26.9 Å². The number of phenolic OH excluding ortho intramolecular Hbond substituents is 2. The first-order chi connectivity index (χ1) is 16.2. The quantitative estimate of drug-likeness (QED) is 0.488. The van der Waals surface area contributed by atoms with Gasteiger partial charge in [0.1, 0.15) is 22.0 Å². The minimum Gasteiger partial charge on any atom is -0.508 e. The molecule has 0 spiro atoms. The first-order valence-corrected chi connectivity index (χ1v) is 11.2. The fourth-order valence-corrected chi connectivity index (χ4v) is 4.91. The molecule has 34 heavy (non-hydrogen) atoms. The fourth-order valence-electron chi connectivity index (χ4n) is 3.74. The lowest BCUT2D eigenvalue weighted by Gasteiger charge is -2.25. The molecule has 0 amide bonds. The number of benzene rings is 2. The van der Waals surface area contributed by atoms with Gasteiger partial charge in [0.2, 0.25) is 0 Å². The standard InChI is InChI=1S/C25H21N3O5S/c1-13(2)33-25(32)21-20(15-5-9-17(30)10-6-15)18(12-26)22(27)28-23(31)19(34-24(21)28)11-14-3-7-16(29)8-4-14/h3-11,13,20,29-30H,27H2,1-2H3/t20-/m0/s1. The lowest BCUT2D eigenvalue weighted by molar-refractivity contribution is -0.140. The maximum Gasteiger partial charge on any atom is 0.338 e. The number of nitriles is 1. The molecule has 0 unspecified atom stereocenters. The van der Waals surface area contributed by atoms with Gasteiger partial charge in [0.05, 0.1) is 33.8 Å². The topological polar surface area (TPSA) is 139 Å². The van der Waals surface area contributed by atoms with Gasteiger partial charge in [0, 0.05) is 0 Å². The van der Waals surface area contributed by atoms with E-state index in [1.165, 1.54) is 28.8 Å². The minimum absolute atomic E-state index is 0.0279. The van der Waals surface area contributed by atoms with Gasteiger partial charge in [0.25, 0.3) is 5.56 Å². The summed E-state index contributed by atoms with van der Waals surface area (Å²) in [5.41, 5.74) is 7.21. The fraction of sp³-hybridized carbons (Fsp3) is 0.160. The summed E-state index contributed by atoms with van der Waals surface area (Å²) in [5, 5.41) is 29.2. The maximum atomic E-state index is 13.3. The Morgan fingerprint density at radius 3 is 2.29 bits per heavy atom. The van der Waals surface area contributed by atoms with E-state index in [0.29, 0.717) is 15.7 Å². The largest absolute Gasteiger partial charge is 0.508 e. The first-order valence-electron chi connectivity index (χ1n) is 10.4. The average molecular weight is 476 g/mol. The lowest BCUT2D eigenvalue weighted by atomic mass is 9.84. The van der Waals surface area contributed by atoms with Gasteiger partial charge < -0.3 is 20.7 Å². The molecule has 4 rings (SSSR count). The summed E-state index contributed by atoms with van der Waals surface area (Å²) < 4.78 is 7.22. The van der Waals surface area contributed by atoms with Gasteiger partial charge in [-0.05, 0) is 55.3 Å². The Labute approximate surface area is 198 Å². The zero-order valence-electron chi connectivity index (χ0n) is 18.4. The predicted molar refractivity (Wildman–Crippen MR) is 128 cm³/mol. The Morgan fingerprint density at radius 1 is 1.15 bits per heavy atom. The van der Waals surface area contributed by atoms with Crippen LogP contribution in [0.15, 0.2) is 58.9 Å². The number of carbonyl (C=O) groups is 1. The number of allylic oxidation sites excluding steroid dienone is 1. The van der Waals surface area contributed by atoms with Crippen LogP contribution in [0.4, 0.5) is 0 Å². The van der Waals surface area contributed by atoms with Crippen molar-refractivity contribution in [3.8, 4) is 17.6 Å². The second kappa shape index (κ2) is 8.92. The number of hydrogen-bond donors (Lipinski definition) is 3. The van der Waals surface area contributed by atoms with E-state index >= 15 is 0 Å². The van der Waals surface area contributed by atoms with E-state index < -0.39 is 23.6 Å². The summed E-state index contributed by atoms with van der Waals surface area (Å²) in [7, 11) is 0. The highest BCUT2D eigenvalue weighted by Gasteiger charge is 2.36. The van der Waals surface area contributed by atoms with E-state index in [-0.39, 0.29) is 33.1 Å². The number of hydrogen-bond acceptors (Lipinski definition) is 8. The molecule has 0 fully saturated rings. The number of esters is 1. The number of fused-ring (bicyclic) bond motifs is 1. The molecule has 0 saturated carbocycles. The summed E-state index contributed by atoms with van der Waals surface area (Å²) in [4.78, 5) is 26.6. The highest BCUT2D eigenvalue weighted by molar-refractivity contribution is 7.07. The van der Waals surface area contributed by atoms with E-state index in [0.717, 1.165) is 11.3 Å². The number of nitrogens with two attached hydrogens (primary N) is 1. The SMILES string of the molecule is CC(C)OC(=O)C1=c2sc(=Cc3ccc(O)cc3)c(=O)n2C(N)=C(C#N)[C@@H]1c1ccc(O)cc1. The Kier molecular flexibility index (Phi) is 6.01. The molecule has 0 radical (unpaired) electrons. The van der Waals surface area contributed by atoms with Crippen molar-refractivity contribution in [1.29, 1.82) is 5.26 Å². The van der Waals surface area contributed by atoms with Crippen molar-refractivity contribution < 1.29 is 19.7 Å². The summed E-state index contributed by atoms with van der Waals surface area (Å²) in [6.07, 6.45) is 1.19. The van der Waals surface area contributed by atoms with Gasteiger partial charge in [-0.25, -0.2) is 4.79 Å². The summed E-state index contributed by atoms with van der Waals surface area (Å²) in [6, 6.07) is 14.4. The molecular weight excluding hydrogens is 454 g/mol.